The minimum Gasteiger partial charge on any atom is -0.419 e. The van der Waals surface area contributed by atoms with Crippen LogP contribution in [0.4, 0.5) is 0 Å². The van der Waals surface area contributed by atoms with Gasteiger partial charge in [0.25, 0.3) is 0 Å². The number of nitrogens with zero attached hydrogens (tertiary/aromatic N) is 3. The molecule has 0 saturated heterocycles. The molecule has 20 heavy (non-hydrogen) atoms. The third-order valence-corrected chi connectivity index (χ3v) is 2.48. The molecule has 2 aromatic rings. The fraction of sp³-hybridized carbons (Fsp3) is 0.133. The number of rotatable bonds is 6. The Morgan fingerprint density at radius 3 is 2.85 bits per heavy atom. The van der Waals surface area contributed by atoms with Gasteiger partial charge in [0.1, 0.15) is 0 Å². The van der Waals surface area contributed by atoms with Gasteiger partial charge >= 0.3 is 0 Å². The summed E-state index contributed by atoms with van der Waals surface area (Å²) in [6.45, 7) is 6.09. The highest BCUT2D eigenvalue weighted by Gasteiger charge is 2.07. The van der Waals surface area contributed by atoms with E-state index in [4.69, 9.17) is 4.42 Å². The first kappa shape index (κ1) is 13.7. The van der Waals surface area contributed by atoms with Crippen LogP contribution in [0.15, 0.2) is 65.5 Å². The normalized spacial score (nSPS) is 11.8. The zero-order valence-electron chi connectivity index (χ0n) is 11.3. The molecule has 0 atom stereocenters. The molecule has 0 bridgehead atoms. The first-order chi connectivity index (χ1) is 9.83. The van der Waals surface area contributed by atoms with Gasteiger partial charge in [0.15, 0.2) is 0 Å². The Labute approximate surface area is 117 Å². The van der Waals surface area contributed by atoms with Crippen LogP contribution in [0.25, 0.3) is 11.5 Å². The second kappa shape index (κ2) is 7.04. The van der Waals surface area contributed by atoms with E-state index < -0.39 is 0 Å². The maximum absolute atomic E-state index is 5.59. The average molecular weight is 268 g/mol. The van der Waals surface area contributed by atoms with E-state index in [9.17, 15) is 0 Å². The van der Waals surface area contributed by atoms with Crippen LogP contribution in [0.5, 0.6) is 0 Å². The highest BCUT2D eigenvalue weighted by atomic mass is 16.4. The molecule has 0 aliphatic heterocycles. The van der Waals surface area contributed by atoms with Gasteiger partial charge in [-0.2, -0.15) is 0 Å². The van der Waals surface area contributed by atoms with Gasteiger partial charge in [0, 0.05) is 23.7 Å². The fourth-order valence-electron chi connectivity index (χ4n) is 1.59. The number of nitrogens with one attached hydrogen (secondary N) is 1. The molecule has 2 heterocycles. The van der Waals surface area contributed by atoms with Gasteiger partial charge in [0.2, 0.25) is 11.8 Å². The summed E-state index contributed by atoms with van der Waals surface area (Å²) in [7, 11) is 0. The van der Waals surface area contributed by atoms with Crippen LogP contribution in [0.3, 0.4) is 0 Å². The van der Waals surface area contributed by atoms with Crippen LogP contribution < -0.4 is 5.32 Å². The zero-order chi connectivity index (χ0) is 14.2. The van der Waals surface area contributed by atoms with Crippen molar-refractivity contribution in [1.82, 2.24) is 20.5 Å². The molecule has 0 aliphatic carbocycles. The molecule has 2 aromatic heterocycles. The van der Waals surface area contributed by atoms with Crippen LogP contribution in [0, 0.1) is 0 Å². The molecule has 0 spiro atoms. The number of pyridine rings is 1. The summed E-state index contributed by atoms with van der Waals surface area (Å²) < 4.78 is 5.59. The first-order valence-corrected chi connectivity index (χ1v) is 6.25. The van der Waals surface area contributed by atoms with Crippen LogP contribution in [0.2, 0.25) is 0 Å². The summed E-state index contributed by atoms with van der Waals surface area (Å²) in [4.78, 5) is 3.95. The van der Waals surface area contributed by atoms with Gasteiger partial charge in [-0.25, -0.2) is 0 Å². The molecule has 0 fully saturated rings. The van der Waals surface area contributed by atoms with E-state index in [-0.39, 0.29) is 0 Å². The van der Waals surface area contributed by atoms with E-state index in [2.05, 4.69) is 27.1 Å². The molecule has 1 N–H and O–H groups in total. The molecule has 5 nitrogen and oxygen atoms in total. The van der Waals surface area contributed by atoms with Crippen molar-refractivity contribution in [3.63, 3.8) is 0 Å². The highest BCUT2D eigenvalue weighted by molar-refractivity contribution is 5.50. The Balaban J connectivity index is 2.03. The third-order valence-electron chi connectivity index (χ3n) is 2.48. The standard InChI is InChI=1S/C15H16N4O/c1-3-5-13(6-4-2)17-11-14-18-19-15(20-14)12-7-9-16-10-8-12/h3-10,17H,1,11H2,2H3/b6-4-,13-5+. The van der Waals surface area contributed by atoms with E-state index >= 15 is 0 Å². The van der Waals surface area contributed by atoms with Crippen LogP contribution in [0.1, 0.15) is 12.8 Å². The summed E-state index contributed by atoms with van der Waals surface area (Å²) >= 11 is 0. The van der Waals surface area contributed by atoms with Gasteiger partial charge in [0.05, 0.1) is 6.54 Å². The van der Waals surface area contributed by atoms with Gasteiger partial charge in [-0.3, -0.25) is 4.98 Å². The second-order valence-corrected chi connectivity index (χ2v) is 3.95. The van der Waals surface area contributed by atoms with Crippen molar-refractivity contribution in [3.8, 4) is 11.5 Å². The Morgan fingerprint density at radius 1 is 1.35 bits per heavy atom. The lowest BCUT2D eigenvalue weighted by atomic mass is 10.3. The van der Waals surface area contributed by atoms with E-state index in [1.165, 1.54) is 0 Å². The summed E-state index contributed by atoms with van der Waals surface area (Å²) in [6, 6.07) is 3.65. The Hall–Kier alpha value is -2.69. The molecule has 0 unspecified atom stereocenters. The van der Waals surface area contributed by atoms with E-state index in [1.807, 2.05) is 37.3 Å². The van der Waals surface area contributed by atoms with Crippen LogP contribution in [-0.2, 0) is 6.54 Å². The maximum atomic E-state index is 5.59. The maximum Gasteiger partial charge on any atom is 0.247 e. The number of hydrogen-bond donors (Lipinski definition) is 1. The predicted molar refractivity (Wildman–Crippen MR) is 77.5 cm³/mol. The molecule has 0 aromatic carbocycles. The van der Waals surface area contributed by atoms with Crippen LogP contribution >= 0.6 is 0 Å². The van der Waals surface area contributed by atoms with Crippen molar-refractivity contribution in [2.75, 3.05) is 0 Å². The second-order valence-electron chi connectivity index (χ2n) is 3.95. The monoisotopic (exact) mass is 268 g/mol. The average Bonchev–Trinajstić information content (AvgIpc) is 2.95. The summed E-state index contributed by atoms with van der Waals surface area (Å²) in [5, 5.41) is 11.2. The molecule has 0 amide bonds. The van der Waals surface area contributed by atoms with Gasteiger partial charge in [-0.15, -0.1) is 10.2 Å². The van der Waals surface area contributed by atoms with Gasteiger partial charge in [-0.05, 0) is 31.2 Å². The summed E-state index contributed by atoms with van der Waals surface area (Å²) in [6.07, 6.45) is 10.9. The largest absolute Gasteiger partial charge is 0.419 e. The molecule has 0 saturated carbocycles. The van der Waals surface area contributed by atoms with Crippen LogP contribution in [-0.4, -0.2) is 15.2 Å². The molecule has 0 radical (unpaired) electrons. The number of aromatic nitrogens is 3. The minimum atomic E-state index is 0.460. The minimum absolute atomic E-state index is 0.460. The lowest BCUT2D eigenvalue weighted by Gasteiger charge is -2.02. The quantitative estimate of drug-likeness (QED) is 0.816. The Bertz CT molecular complexity index is 614. The number of hydrogen-bond acceptors (Lipinski definition) is 5. The molecule has 0 aliphatic rings. The SMILES string of the molecule is C=C/C=C(\C=C/C)NCc1nnc(-c2ccncc2)o1. The summed E-state index contributed by atoms with van der Waals surface area (Å²) in [5.41, 5.74) is 1.79. The van der Waals surface area contributed by atoms with Gasteiger partial charge < -0.3 is 9.73 Å². The van der Waals surface area contributed by atoms with Gasteiger partial charge in [-0.1, -0.05) is 18.7 Å². The van der Waals surface area contributed by atoms with E-state index in [0.29, 0.717) is 18.3 Å². The topological polar surface area (TPSA) is 63.8 Å². The lowest BCUT2D eigenvalue weighted by Crippen LogP contribution is -2.11. The van der Waals surface area contributed by atoms with Crippen molar-refractivity contribution >= 4 is 0 Å². The fourth-order valence-corrected chi connectivity index (χ4v) is 1.59. The summed E-state index contributed by atoms with van der Waals surface area (Å²) in [5.74, 6) is 1.01. The molecule has 102 valence electrons. The van der Waals surface area contributed by atoms with Crippen molar-refractivity contribution in [2.45, 2.75) is 13.5 Å². The van der Waals surface area contributed by atoms with Crippen molar-refractivity contribution in [2.24, 2.45) is 0 Å². The lowest BCUT2D eigenvalue weighted by molar-refractivity contribution is 0.492. The third kappa shape index (κ3) is 3.65. The smallest absolute Gasteiger partial charge is 0.247 e. The first-order valence-electron chi connectivity index (χ1n) is 6.25. The molecular weight excluding hydrogens is 252 g/mol. The van der Waals surface area contributed by atoms with E-state index in [1.54, 1.807) is 18.5 Å². The molecule has 5 heteroatoms. The number of allylic oxidation sites excluding steroid dienone is 4. The van der Waals surface area contributed by atoms with Crippen molar-refractivity contribution in [3.05, 3.63) is 67.0 Å². The molecular formula is C15H16N4O. The Kier molecular flexibility index (Phi) is 4.83. The van der Waals surface area contributed by atoms with Crippen molar-refractivity contribution in [1.29, 1.82) is 0 Å². The van der Waals surface area contributed by atoms with Crippen molar-refractivity contribution < 1.29 is 4.42 Å². The Morgan fingerprint density at radius 2 is 2.15 bits per heavy atom. The zero-order valence-corrected chi connectivity index (χ0v) is 11.3. The molecule has 2 rings (SSSR count). The predicted octanol–water partition coefficient (Wildman–Crippen LogP) is 2.87. The highest BCUT2D eigenvalue weighted by Crippen LogP contribution is 2.16. The van der Waals surface area contributed by atoms with E-state index in [0.717, 1.165) is 11.3 Å².